The van der Waals surface area contributed by atoms with Crippen LogP contribution in [0, 0.1) is 18.6 Å². The number of nitrogens with one attached hydrogen (secondary N) is 1. The van der Waals surface area contributed by atoms with E-state index in [4.69, 9.17) is 0 Å². The Labute approximate surface area is 162 Å². The zero-order valence-electron chi connectivity index (χ0n) is 12.9. The van der Waals surface area contributed by atoms with Crippen molar-refractivity contribution in [1.29, 1.82) is 0 Å². The molecule has 0 radical (unpaired) electrons. The minimum absolute atomic E-state index is 0. The number of aryl methyl sites for hydroxylation is 1. The van der Waals surface area contributed by atoms with Crippen LogP contribution < -0.4 is 34.9 Å². The zero-order chi connectivity index (χ0) is 16.4. The molecule has 2 aromatic heterocycles. The van der Waals surface area contributed by atoms with Gasteiger partial charge in [-0.25, -0.2) is 8.78 Å². The number of halogens is 2. The van der Waals surface area contributed by atoms with Gasteiger partial charge < -0.3 is 0 Å². The topological polar surface area (TPSA) is 67.8 Å². The predicted octanol–water partition coefficient (Wildman–Crippen LogP) is 0.443. The molecule has 0 fully saturated rings. The number of amides is 1. The van der Waals surface area contributed by atoms with Crippen LogP contribution in [0.1, 0.15) is 16.1 Å². The molecule has 0 atom stereocenters. The maximum atomic E-state index is 13.7. The smallest absolute Gasteiger partial charge is 0.297 e. The summed E-state index contributed by atoms with van der Waals surface area (Å²) in [4.78, 5) is 20.2. The summed E-state index contributed by atoms with van der Waals surface area (Å²) in [5, 5.41) is 2.70. The Balaban J connectivity index is 0.00000208. The Morgan fingerprint density at radius 1 is 1.17 bits per heavy atom. The second-order valence-corrected chi connectivity index (χ2v) is 5.36. The van der Waals surface area contributed by atoms with E-state index in [0.717, 1.165) is 23.7 Å². The first kappa shape index (κ1) is 18.6. The molecule has 0 saturated heterocycles. The summed E-state index contributed by atoms with van der Waals surface area (Å²) in [7, 11) is 0. The quantitative estimate of drug-likeness (QED) is 0.693. The average Bonchev–Trinajstić information content (AvgIpc) is 2.95. The minimum Gasteiger partial charge on any atom is -0.297 e. The summed E-state index contributed by atoms with van der Waals surface area (Å²) in [5.74, 6) is -2.04. The van der Waals surface area contributed by atoms with Crippen molar-refractivity contribution in [3.63, 3.8) is 0 Å². The summed E-state index contributed by atoms with van der Waals surface area (Å²) >= 11 is 0.844. The Morgan fingerprint density at radius 2 is 1.88 bits per heavy atom. The first-order chi connectivity index (χ1) is 11.1. The van der Waals surface area contributed by atoms with E-state index in [1.807, 2.05) is 0 Å². The van der Waals surface area contributed by atoms with Gasteiger partial charge in [0, 0.05) is 23.4 Å². The van der Waals surface area contributed by atoms with Crippen molar-refractivity contribution in [2.45, 2.75) is 6.92 Å². The number of hydrogen-bond acceptors (Lipinski definition) is 5. The second-order valence-electron chi connectivity index (χ2n) is 4.61. The average molecular weight is 355 g/mol. The number of carbonyl (C=O) groups is 1. The third-order valence-corrected chi connectivity index (χ3v) is 3.71. The minimum atomic E-state index is -0.760. The zero-order valence-corrected chi connectivity index (χ0v) is 15.7. The molecule has 1 aromatic carbocycles. The molecular weight excluding hydrogens is 345 g/mol. The van der Waals surface area contributed by atoms with Crippen molar-refractivity contribution in [3.8, 4) is 11.4 Å². The summed E-state index contributed by atoms with van der Waals surface area (Å²) < 4.78 is 31.3. The van der Waals surface area contributed by atoms with Gasteiger partial charge in [-0.05, 0) is 31.2 Å². The molecule has 5 nitrogen and oxygen atoms in total. The molecule has 24 heavy (non-hydrogen) atoms. The molecule has 0 aliphatic rings. The van der Waals surface area contributed by atoms with Gasteiger partial charge in [-0.2, -0.15) is 9.36 Å². The van der Waals surface area contributed by atoms with E-state index in [0.29, 0.717) is 11.3 Å². The Kier molecular flexibility index (Phi) is 6.11. The van der Waals surface area contributed by atoms with Crippen molar-refractivity contribution in [2.24, 2.45) is 0 Å². The van der Waals surface area contributed by atoms with Gasteiger partial charge in [0.2, 0.25) is 5.13 Å². The SMILES string of the molecule is Cc1ncccc1C(=O)Nc1nc(-c2c(F)cccc2F)ns1.[Na+]. The van der Waals surface area contributed by atoms with Gasteiger partial charge in [0.1, 0.15) is 11.6 Å². The Morgan fingerprint density at radius 3 is 2.54 bits per heavy atom. The van der Waals surface area contributed by atoms with Crippen LogP contribution in [-0.2, 0) is 0 Å². The molecule has 0 unspecified atom stereocenters. The molecule has 0 aliphatic carbocycles. The van der Waals surface area contributed by atoms with E-state index >= 15 is 0 Å². The molecule has 0 saturated carbocycles. The molecule has 9 heteroatoms. The maximum absolute atomic E-state index is 13.7. The van der Waals surface area contributed by atoms with Crippen molar-refractivity contribution >= 4 is 22.6 Å². The van der Waals surface area contributed by atoms with Crippen LogP contribution in [0.5, 0.6) is 0 Å². The Bertz CT molecular complexity index is 867. The monoisotopic (exact) mass is 355 g/mol. The van der Waals surface area contributed by atoms with Crippen LogP contribution in [0.2, 0.25) is 0 Å². The number of aromatic nitrogens is 3. The summed E-state index contributed by atoms with van der Waals surface area (Å²) in [5.41, 5.74) is 0.637. The van der Waals surface area contributed by atoms with Gasteiger partial charge in [-0.1, -0.05) is 6.07 Å². The maximum Gasteiger partial charge on any atom is 1.00 e. The number of rotatable bonds is 3. The number of carbonyl (C=O) groups excluding carboxylic acids is 1. The van der Waals surface area contributed by atoms with E-state index in [2.05, 4.69) is 19.7 Å². The van der Waals surface area contributed by atoms with Gasteiger partial charge in [0.15, 0.2) is 5.82 Å². The molecule has 3 rings (SSSR count). The summed E-state index contributed by atoms with van der Waals surface area (Å²) in [6, 6.07) is 6.76. The number of anilines is 1. The fourth-order valence-corrected chi connectivity index (χ4v) is 2.55. The van der Waals surface area contributed by atoms with Gasteiger partial charge in [0.25, 0.3) is 5.91 Å². The summed E-state index contributed by atoms with van der Waals surface area (Å²) in [6.07, 6.45) is 1.58. The second kappa shape index (κ2) is 7.89. The fraction of sp³-hybridized carbons (Fsp3) is 0.0667. The molecule has 0 aliphatic heterocycles. The van der Waals surface area contributed by atoms with Gasteiger partial charge in [0.05, 0.1) is 11.1 Å². The van der Waals surface area contributed by atoms with Crippen molar-refractivity contribution in [1.82, 2.24) is 14.3 Å². The van der Waals surface area contributed by atoms with Gasteiger partial charge in [-0.15, -0.1) is 0 Å². The molecule has 3 aromatic rings. The molecule has 2 heterocycles. The molecule has 1 N–H and O–H groups in total. The standard InChI is InChI=1S/C15H10F2N4OS.Na/c1-8-9(4-3-7-18-8)14(22)20-15-19-13(21-23-15)12-10(16)5-2-6-11(12)17;/h2-7H,1H3,(H,19,20,21,22);/q;+1. The number of nitrogens with zero attached hydrogens (tertiary/aromatic N) is 3. The van der Waals surface area contributed by atoms with E-state index in [1.165, 1.54) is 6.07 Å². The van der Waals surface area contributed by atoms with Crippen molar-refractivity contribution < 1.29 is 43.1 Å². The fourth-order valence-electron chi connectivity index (χ4n) is 1.98. The Hall–Kier alpha value is -1.74. The first-order valence-corrected chi connectivity index (χ1v) is 7.34. The molecule has 0 spiro atoms. The van der Waals surface area contributed by atoms with Crippen molar-refractivity contribution in [2.75, 3.05) is 5.32 Å². The predicted molar refractivity (Wildman–Crippen MR) is 82.2 cm³/mol. The van der Waals surface area contributed by atoms with Crippen LogP contribution in [-0.4, -0.2) is 20.2 Å². The van der Waals surface area contributed by atoms with Crippen LogP contribution in [0.15, 0.2) is 36.5 Å². The third-order valence-electron chi connectivity index (χ3n) is 3.08. The van der Waals surface area contributed by atoms with Gasteiger partial charge >= 0.3 is 29.6 Å². The van der Waals surface area contributed by atoms with Crippen LogP contribution in [0.4, 0.5) is 13.9 Å². The largest absolute Gasteiger partial charge is 1.00 e. The molecule has 1 amide bonds. The van der Waals surface area contributed by atoms with Crippen molar-refractivity contribution in [3.05, 3.63) is 59.4 Å². The number of hydrogen-bond donors (Lipinski definition) is 1. The normalized spacial score (nSPS) is 10.1. The first-order valence-electron chi connectivity index (χ1n) is 6.57. The summed E-state index contributed by atoms with van der Waals surface area (Å²) in [6.45, 7) is 1.70. The number of benzene rings is 1. The van der Waals surface area contributed by atoms with Crippen LogP contribution in [0.25, 0.3) is 11.4 Å². The molecule has 116 valence electrons. The van der Waals surface area contributed by atoms with Crippen LogP contribution in [0.3, 0.4) is 0 Å². The molecule has 0 bridgehead atoms. The third kappa shape index (κ3) is 3.84. The van der Waals surface area contributed by atoms with E-state index < -0.39 is 17.5 Å². The molecular formula is C15H10F2N4NaOS+. The van der Waals surface area contributed by atoms with E-state index in [9.17, 15) is 13.6 Å². The van der Waals surface area contributed by atoms with Crippen LogP contribution >= 0.6 is 11.5 Å². The number of pyridine rings is 1. The van der Waals surface area contributed by atoms with Gasteiger partial charge in [-0.3, -0.25) is 15.1 Å². The van der Waals surface area contributed by atoms with E-state index in [-0.39, 0.29) is 46.1 Å². The van der Waals surface area contributed by atoms with E-state index in [1.54, 1.807) is 25.3 Å².